The number of fused-ring (bicyclic) bond motifs is 1. The van der Waals surface area contributed by atoms with E-state index in [1.165, 1.54) is 0 Å². The molecule has 0 saturated heterocycles. The summed E-state index contributed by atoms with van der Waals surface area (Å²) in [5, 5.41) is 5.77. The van der Waals surface area contributed by atoms with Crippen LogP contribution in [0.25, 0.3) is 22.4 Å². The molecule has 0 aliphatic carbocycles. The van der Waals surface area contributed by atoms with Crippen molar-refractivity contribution in [3.8, 4) is 11.5 Å². The van der Waals surface area contributed by atoms with Gasteiger partial charge in [-0.1, -0.05) is 54.3 Å². The molecular formula is C28H19N5Pt. The number of hydrogen-bond donors (Lipinski definition) is 0. The molecule has 0 aliphatic heterocycles. The molecule has 0 N–H and O–H groups in total. The van der Waals surface area contributed by atoms with E-state index >= 15 is 0 Å². The van der Waals surface area contributed by atoms with Crippen molar-refractivity contribution in [2.24, 2.45) is 0 Å². The second kappa shape index (κ2) is 9.50. The van der Waals surface area contributed by atoms with Crippen LogP contribution in [-0.4, -0.2) is 19.3 Å². The Bertz CT molecular complexity index is 1490. The van der Waals surface area contributed by atoms with Crippen LogP contribution in [0.3, 0.4) is 0 Å². The van der Waals surface area contributed by atoms with E-state index in [4.69, 9.17) is 10.1 Å². The molecule has 0 radical (unpaired) electrons. The molecule has 3 heterocycles. The summed E-state index contributed by atoms with van der Waals surface area (Å²) in [5.74, 6) is 1.53. The second-order valence-corrected chi connectivity index (χ2v) is 7.59. The number of anilines is 3. The van der Waals surface area contributed by atoms with Crippen LogP contribution in [0.5, 0.6) is 0 Å². The van der Waals surface area contributed by atoms with E-state index < -0.39 is 0 Å². The van der Waals surface area contributed by atoms with Gasteiger partial charge < -0.3 is 9.47 Å². The van der Waals surface area contributed by atoms with Crippen molar-refractivity contribution < 1.29 is 21.1 Å². The fourth-order valence-corrected chi connectivity index (χ4v) is 3.88. The van der Waals surface area contributed by atoms with Crippen molar-refractivity contribution in [2.75, 3.05) is 4.90 Å². The van der Waals surface area contributed by atoms with Crippen LogP contribution < -0.4 is 4.90 Å². The fourth-order valence-electron chi connectivity index (χ4n) is 3.88. The van der Waals surface area contributed by atoms with Crippen LogP contribution >= 0.6 is 0 Å². The summed E-state index contributed by atoms with van der Waals surface area (Å²) in [6, 6.07) is 37.7. The summed E-state index contributed by atoms with van der Waals surface area (Å²) in [4.78, 5) is 7.07. The number of nitrogens with zero attached hydrogens (tertiary/aromatic N) is 5. The van der Waals surface area contributed by atoms with Gasteiger partial charge in [0, 0.05) is 17.3 Å². The normalized spacial score (nSPS) is 10.7. The standard InChI is InChI=1S/C28H19N5.Pt/c1-2-11-23(12-3-1)33(25-14-8-13-24(20-25)31-18-6-7-19-31)28-17-9-16-27(29-28)32-21-22-10-4-5-15-26(22)30-32;/h1-18,21H;/q-2;+2. The molecule has 0 atom stereocenters. The molecule has 0 aliphatic rings. The van der Waals surface area contributed by atoms with Crippen LogP contribution in [0.15, 0.2) is 116 Å². The SMILES string of the molecule is [Pt+2].[c-]1c(N(c2ccccc2)c2cccc(-n3cc4ccccc4n3)n2)cccc1-n1[c-]ccc1. The van der Waals surface area contributed by atoms with Crippen LogP contribution in [0.4, 0.5) is 17.2 Å². The zero-order valence-corrected chi connectivity index (χ0v) is 20.3. The van der Waals surface area contributed by atoms with Crippen molar-refractivity contribution in [3.05, 3.63) is 128 Å². The van der Waals surface area contributed by atoms with Gasteiger partial charge in [0.15, 0.2) is 5.82 Å². The van der Waals surface area contributed by atoms with Gasteiger partial charge in [-0.05, 0) is 30.3 Å². The molecule has 166 valence electrons. The average molecular weight is 621 g/mol. The third-order valence-electron chi connectivity index (χ3n) is 5.42. The zero-order chi connectivity index (χ0) is 22.0. The first-order valence-electron chi connectivity index (χ1n) is 10.7. The van der Waals surface area contributed by atoms with E-state index in [0.717, 1.165) is 39.6 Å². The summed E-state index contributed by atoms with van der Waals surface area (Å²) in [6.45, 7) is 0. The topological polar surface area (TPSA) is 38.9 Å². The Labute approximate surface area is 212 Å². The number of hydrogen-bond acceptors (Lipinski definition) is 3. The number of aromatic nitrogens is 4. The van der Waals surface area contributed by atoms with E-state index in [1.54, 1.807) is 0 Å². The van der Waals surface area contributed by atoms with Gasteiger partial charge in [0.05, 0.1) is 5.52 Å². The molecule has 0 saturated carbocycles. The van der Waals surface area contributed by atoms with Gasteiger partial charge in [-0.15, -0.1) is 18.3 Å². The number of para-hydroxylation sites is 1. The largest absolute Gasteiger partial charge is 2.00 e. The summed E-state index contributed by atoms with van der Waals surface area (Å²) >= 11 is 0. The van der Waals surface area contributed by atoms with Crippen LogP contribution in [-0.2, 0) is 21.1 Å². The summed E-state index contributed by atoms with van der Waals surface area (Å²) < 4.78 is 3.75. The maximum absolute atomic E-state index is 4.98. The van der Waals surface area contributed by atoms with E-state index in [0.29, 0.717) is 0 Å². The minimum Gasteiger partial charge on any atom is -0.471 e. The van der Waals surface area contributed by atoms with Crippen LogP contribution in [0, 0.1) is 12.3 Å². The molecular weight excluding hydrogens is 601 g/mol. The summed E-state index contributed by atoms with van der Waals surface area (Å²) in [7, 11) is 0. The van der Waals surface area contributed by atoms with Gasteiger partial charge in [-0.25, -0.2) is 9.67 Å². The van der Waals surface area contributed by atoms with E-state index in [2.05, 4.69) is 35.4 Å². The van der Waals surface area contributed by atoms with Crippen molar-refractivity contribution >= 4 is 28.1 Å². The average Bonchev–Trinajstić information content (AvgIpc) is 3.56. The van der Waals surface area contributed by atoms with E-state index in [-0.39, 0.29) is 21.1 Å². The molecule has 6 aromatic rings. The van der Waals surface area contributed by atoms with Crippen molar-refractivity contribution in [3.63, 3.8) is 0 Å². The van der Waals surface area contributed by atoms with Crippen LogP contribution in [0.2, 0.25) is 0 Å². The third-order valence-corrected chi connectivity index (χ3v) is 5.42. The predicted octanol–water partition coefficient (Wildman–Crippen LogP) is 6.28. The molecule has 0 amide bonds. The Balaban J connectivity index is 0.00000241. The maximum Gasteiger partial charge on any atom is 2.00 e. The van der Waals surface area contributed by atoms with E-state index in [9.17, 15) is 0 Å². The van der Waals surface area contributed by atoms with Gasteiger partial charge in [0.2, 0.25) is 0 Å². The Kier molecular flexibility index (Phi) is 6.11. The van der Waals surface area contributed by atoms with E-state index in [1.807, 2.05) is 107 Å². The second-order valence-electron chi connectivity index (χ2n) is 7.59. The monoisotopic (exact) mass is 620 g/mol. The maximum atomic E-state index is 4.98. The minimum atomic E-state index is 0. The third kappa shape index (κ3) is 4.18. The molecule has 0 fully saturated rings. The molecule has 3 aromatic heterocycles. The van der Waals surface area contributed by atoms with Gasteiger partial charge in [-0.3, -0.25) is 0 Å². The molecule has 6 rings (SSSR count). The number of pyridine rings is 1. The zero-order valence-electron chi connectivity index (χ0n) is 18.0. The molecule has 5 nitrogen and oxygen atoms in total. The Hall–Kier alpha value is -3.95. The molecule has 0 unspecified atom stereocenters. The quantitative estimate of drug-likeness (QED) is 0.213. The number of benzene rings is 3. The first-order chi connectivity index (χ1) is 16.3. The smallest absolute Gasteiger partial charge is 0.471 e. The summed E-state index contributed by atoms with van der Waals surface area (Å²) in [6.07, 6.45) is 7.15. The summed E-state index contributed by atoms with van der Waals surface area (Å²) in [5.41, 5.74) is 3.73. The van der Waals surface area contributed by atoms with Gasteiger partial charge in [-0.2, -0.15) is 35.1 Å². The van der Waals surface area contributed by atoms with Crippen molar-refractivity contribution in [1.82, 2.24) is 19.3 Å². The molecule has 0 bridgehead atoms. The molecule has 34 heavy (non-hydrogen) atoms. The van der Waals surface area contributed by atoms with Crippen molar-refractivity contribution in [2.45, 2.75) is 0 Å². The van der Waals surface area contributed by atoms with Gasteiger partial charge in [0.25, 0.3) is 0 Å². The number of rotatable bonds is 5. The minimum absolute atomic E-state index is 0. The van der Waals surface area contributed by atoms with Gasteiger partial charge in [0.1, 0.15) is 5.82 Å². The van der Waals surface area contributed by atoms with Gasteiger partial charge >= 0.3 is 21.1 Å². The Morgan fingerprint density at radius 3 is 2.41 bits per heavy atom. The van der Waals surface area contributed by atoms with Crippen LogP contribution in [0.1, 0.15) is 0 Å². The molecule has 6 heteroatoms. The first-order valence-corrected chi connectivity index (χ1v) is 10.7. The first kappa shape index (κ1) is 21.9. The Morgan fingerprint density at radius 2 is 1.59 bits per heavy atom. The molecule has 0 spiro atoms. The molecule has 3 aromatic carbocycles. The van der Waals surface area contributed by atoms with Crippen molar-refractivity contribution in [1.29, 1.82) is 0 Å². The Morgan fingerprint density at radius 1 is 0.765 bits per heavy atom. The fraction of sp³-hybridized carbons (Fsp3) is 0. The predicted molar refractivity (Wildman–Crippen MR) is 131 cm³/mol.